The van der Waals surface area contributed by atoms with E-state index in [1.807, 2.05) is 34.6 Å². The summed E-state index contributed by atoms with van der Waals surface area (Å²) < 4.78 is 29.2. The highest BCUT2D eigenvalue weighted by atomic mass is 35.5. The number of aliphatic hydroxyl groups excluding tert-OH is 1. The van der Waals surface area contributed by atoms with Crippen molar-refractivity contribution < 1.29 is 28.5 Å². The minimum absolute atomic E-state index is 0.0270. The summed E-state index contributed by atoms with van der Waals surface area (Å²) in [5.41, 5.74) is -0.486. The summed E-state index contributed by atoms with van der Waals surface area (Å²) in [6.45, 7) is 20.0. The Labute approximate surface area is 237 Å². The molecule has 2 atom stereocenters. The molecular formula is C28H43ClN3O6P. The molecule has 1 aromatic carbocycles. The number of esters is 1. The third-order valence-electron chi connectivity index (χ3n) is 6.12. The molecule has 0 saturated heterocycles. The van der Waals surface area contributed by atoms with Gasteiger partial charge in [-0.05, 0) is 43.2 Å². The monoisotopic (exact) mass is 583 g/mol. The fraction of sp³-hybridized carbons (Fsp3) is 0.607. The predicted octanol–water partition coefficient (Wildman–Crippen LogP) is 6.73. The standard InChI is InChI=1S/C26H37ClN3O6P.C2H6/c1-9-35-24(33)16-13-15(27)14-17-19(16)28-22(29-37(17,34)36-10-2)18-20(31)21(26(6,7)8)30(23(18)32)12-11-25(3,4)5;1-2/h13-14,21,31H,9-12H2,1-8H3,(H,28,29,34);1-2H3. The zero-order chi connectivity index (χ0) is 29.9. The van der Waals surface area contributed by atoms with Gasteiger partial charge in [0.15, 0.2) is 5.84 Å². The molecule has 218 valence electrons. The fourth-order valence-electron chi connectivity index (χ4n) is 4.47. The summed E-state index contributed by atoms with van der Waals surface area (Å²) >= 11 is 6.25. The van der Waals surface area contributed by atoms with Gasteiger partial charge in [-0.25, -0.2) is 4.79 Å². The first-order chi connectivity index (χ1) is 18.0. The van der Waals surface area contributed by atoms with Crippen LogP contribution in [0.15, 0.2) is 28.2 Å². The highest BCUT2D eigenvalue weighted by Crippen LogP contribution is 2.53. The molecule has 0 aliphatic carbocycles. The number of carbonyl (C=O) groups is 2. The number of aliphatic hydroxyl groups is 1. The van der Waals surface area contributed by atoms with E-state index in [2.05, 4.69) is 30.9 Å². The van der Waals surface area contributed by atoms with Crippen LogP contribution in [0.5, 0.6) is 0 Å². The zero-order valence-electron chi connectivity index (χ0n) is 24.8. The Bertz CT molecular complexity index is 1210. The highest BCUT2D eigenvalue weighted by molar-refractivity contribution is 7.66. The molecule has 2 heterocycles. The molecule has 3 rings (SSSR count). The number of anilines is 1. The van der Waals surface area contributed by atoms with E-state index >= 15 is 0 Å². The van der Waals surface area contributed by atoms with E-state index in [-0.39, 0.29) is 57.4 Å². The van der Waals surface area contributed by atoms with Crippen molar-refractivity contribution in [2.75, 3.05) is 25.1 Å². The molecule has 2 N–H and O–H groups in total. The van der Waals surface area contributed by atoms with Crippen molar-refractivity contribution in [3.05, 3.63) is 34.1 Å². The van der Waals surface area contributed by atoms with Gasteiger partial charge in [0.25, 0.3) is 5.91 Å². The lowest BCUT2D eigenvalue weighted by molar-refractivity contribution is -0.128. The van der Waals surface area contributed by atoms with E-state index in [1.165, 1.54) is 12.1 Å². The molecule has 0 saturated carbocycles. The molecule has 9 nitrogen and oxygen atoms in total. The number of fused-ring (bicyclic) bond motifs is 1. The minimum atomic E-state index is -3.98. The Morgan fingerprint density at radius 3 is 2.28 bits per heavy atom. The number of hydrogen-bond acceptors (Lipinski definition) is 7. The predicted molar refractivity (Wildman–Crippen MR) is 157 cm³/mol. The first-order valence-electron chi connectivity index (χ1n) is 13.4. The molecule has 11 heteroatoms. The molecule has 2 aliphatic rings. The lowest BCUT2D eigenvalue weighted by Gasteiger charge is -2.36. The number of hydrogen-bond donors (Lipinski definition) is 2. The third-order valence-corrected chi connectivity index (χ3v) is 8.37. The summed E-state index contributed by atoms with van der Waals surface area (Å²) in [5, 5.41) is 14.6. The Hall–Kier alpha value is -2.35. The van der Waals surface area contributed by atoms with Crippen LogP contribution < -0.4 is 10.6 Å². The summed E-state index contributed by atoms with van der Waals surface area (Å²) in [6.07, 6.45) is 0.706. The van der Waals surface area contributed by atoms with Crippen molar-refractivity contribution in [2.24, 2.45) is 15.6 Å². The van der Waals surface area contributed by atoms with Gasteiger partial charge in [0.05, 0.1) is 35.8 Å². The van der Waals surface area contributed by atoms with Crippen LogP contribution in [0.4, 0.5) is 5.69 Å². The highest BCUT2D eigenvalue weighted by Gasteiger charge is 2.49. The van der Waals surface area contributed by atoms with Gasteiger partial charge in [0.1, 0.15) is 11.3 Å². The van der Waals surface area contributed by atoms with Gasteiger partial charge in [0.2, 0.25) is 0 Å². The number of benzene rings is 1. The Morgan fingerprint density at radius 2 is 1.77 bits per heavy atom. The van der Waals surface area contributed by atoms with Gasteiger partial charge >= 0.3 is 13.5 Å². The molecule has 0 bridgehead atoms. The van der Waals surface area contributed by atoms with Crippen LogP contribution in [0.3, 0.4) is 0 Å². The van der Waals surface area contributed by atoms with Crippen molar-refractivity contribution >= 4 is 47.8 Å². The number of halogens is 1. The molecular weight excluding hydrogens is 541 g/mol. The summed E-state index contributed by atoms with van der Waals surface area (Å²) in [7, 11) is -3.98. The van der Waals surface area contributed by atoms with E-state index in [4.69, 9.17) is 20.9 Å². The molecule has 39 heavy (non-hydrogen) atoms. The van der Waals surface area contributed by atoms with E-state index in [0.717, 1.165) is 0 Å². The largest absolute Gasteiger partial charge is 0.509 e. The number of nitrogens with zero attached hydrogens (tertiary/aromatic N) is 2. The zero-order valence-corrected chi connectivity index (χ0v) is 26.4. The smallest absolute Gasteiger partial charge is 0.348 e. The van der Waals surface area contributed by atoms with Gasteiger partial charge < -0.3 is 24.6 Å². The molecule has 0 aromatic heterocycles. The van der Waals surface area contributed by atoms with E-state index in [9.17, 15) is 19.3 Å². The van der Waals surface area contributed by atoms with Gasteiger partial charge in [0, 0.05) is 11.6 Å². The SMILES string of the molecule is CC.CCOC(=O)c1cc(Cl)cc2c1NC(C1=C(O)C(C(C)(C)C)N(CCC(C)(C)C)C1=O)=NP2(=O)OCC. The molecule has 0 spiro atoms. The van der Waals surface area contributed by atoms with Crippen LogP contribution in [0.25, 0.3) is 0 Å². The molecule has 0 fully saturated rings. The average Bonchev–Trinajstić information content (AvgIpc) is 3.08. The van der Waals surface area contributed by atoms with Crippen molar-refractivity contribution in [3.63, 3.8) is 0 Å². The molecule has 2 aliphatic heterocycles. The summed E-state index contributed by atoms with van der Waals surface area (Å²) in [5.74, 6) is -1.41. The number of nitrogens with one attached hydrogen (secondary N) is 1. The van der Waals surface area contributed by atoms with Gasteiger partial charge in [-0.1, -0.05) is 67.0 Å². The van der Waals surface area contributed by atoms with Gasteiger partial charge in [-0.3, -0.25) is 9.36 Å². The first kappa shape index (κ1) is 32.9. The maximum atomic E-state index is 14.0. The van der Waals surface area contributed by atoms with E-state index in [1.54, 1.807) is 18.7 Å². The number of rotatable bonds is 7. The molecule has 2 unspecified atom stereocenters. The van der Waals surface area contributed by atoms with E-state index < -0.39 is 30.9 Å². The normalized spacial score (nSPS) is 21.1. The minimum Gasteiger partial charge on any atom is -0.509 e. The second-order valence-electron chi connectivity index (χ2n) is 11.4. The quantitative estimate of drug-likeness (QED) is 0.270. The fourth-order valence-corrected chi connectivity index (χ4v) is 6.60. The second kappa shape index (κ2) is 12.4. The Kier molecular flexibility index (Phi) is 10.5. The van der Waals surface area contributed by atoms with Crippen molar-refractivity contribution in [1.29, 1.82) is 0 Å². The van der Waals surface area contributed by atoms with Crippen molar-refractivity contribution in [3.8, 4) is 0 Å². The first-order valence-corrected chi connectivity index (χ1v) is 15.4. The van der Waals surface area contributed by atoms with E-state index in [0.29, 0.717) is 13.0 Å². The number of amides is 1. The molecule has 0 radical (unpaired) electrons. The molecule has 1 aromatic rings. The van der Waals surface area contributed by atoms with Gasteiger partial charge in [-0.2, -0.15) is 4.76 Å². The van der Waals surface area contributed by atoms with Gasteiger partial charge in [-0.15, -0.1) is 0 Å². The number of amidine groups is 1. The van der Waals surface area contributed by atoms with Crippen LogP contribution in [0, 0.1) is 10.8 Å². The van der Waals surface area contributed by atoms with Crippen LogP contribution >= 0.6 is 19.1 Å². The number of carbonyl (C=O) groups excluding carboxylic acids is 2. The summed E-state index contributed by atoms with van der Waals surface area (Å²) in [6, 6.07) is 2.19. The van der Waals surface area contributed by atoms with Crippen LogP contribution in [0.2, 0.25) is 5.02 Å². The lowest BCUT2D eigenvalue weighted by Crippen LogP contribution is -2.45. The topological polar surface area (TPSA) is 118 Å². The summed E-state index contributed by atoms with van der Waals surface area (Å²) in [4.78, 5) is 28.2. The van der Waals surface area contributed by atoms with Crippen molar-refractivity contribution in [1.82, 2.24) is 4.90 Å². The Morgan fingerprint density at radius 1 is 1.15 bits per heavy atom. The van der Waals surface area contributed by atoms with Crippen molar-refractivity contribution in [2.45, 2.75) is 81.7 Å². The van der Waals surface area contributed by atoms with Crippen LogP contribution in [0.1, 0.15) is 86.0 Å². The third kappa shape index (κ3) is 7.05. The molecule has 1 amide bonds. The number of ether oxygens (including phenoxy) is 1. The second-order valence-corrected chi connectivity index (χ2v) is 13.8. The maximum Gasteiger partial charge on any atom is 0.348 e. The van der Waals surface area contributed by atoms with Crippen LogP contribution in [-0.2, 0) is 18.6 Å². The Balaban J connectivity index is 0.00000260. The van der Waals surface area contributed by atoms with Crippen LogP contribution in [-0.4, -0.2) is 53.5 Å². The lowest BCUT2D eigenvalue weighted by atomic mass is 9.84. The maximum absolute atomic E-state index is 14.0. The average molecular weight is 584 g/mol.